The first kappa shape index (κ1) is 12.3. The molecule has 1 N–H and O–H groups in total. The summed E-state index contributed by atoms with van der Waals surface area (Å²) in [5.41, 5.74) is 0.696. The van der Waals surface area contributed by atoms with Crippen molar-refractivity contribution in [2.75, 3.05) is 13.7 Å². The van der Waals surface area contributed by atoms with E-state index in [0.29, 0.717) is 0 Å². The minimum absolute atomic E-state index is 0.0278. The van der Waals surface area contributed by atoms with Gasteiger partial charge in [-0.2, -0.15) is 0 Å². The summed E-state index contributed by atoms with van der Waals surface area (Å²) in [5.74, 6) is 0.255. The average Bonchev–Trinajstić information content (AvgIpc) is 2.76. The smallest absolute Gasteiger partial charge is 0.267 e. The third-order valence-electron chi connectivity index (χ3n) is 3.47. The maximum absolute atomic E-state index is 12.9. The van der Waals surface area contributed by atoms with Crippen LogP contribution in [0.1, 0.15) is 37.3 Å². The van der Waals surface area contributed by atoms with E-state index in [1.165, 1.54) is 7.11 Å². The highest BCUT2D eigenvalue weighted by Crippen LogP contribution is 2.36. The minimum atomic E-state index is -2.50. The molecule has 1 aromatic rings. The van der Waals surface area contributed by atoms with Crippen LogP contribution in [0, 0.1) is 0 Å². The van der Waals surface area contributed by atoms with Crippen LogP contribution < -0.4 is 10.1 Å². The molecule has 1 heterocycles. The number of alkyl halides is 2. The first-order valence-corrected chi connectivity index (χ1v) is 5.78. The first-order chi connectivity index (χ1) is 8.07. The van der Waals surface area contributed by atoms with Crippen molar-refractivity contribution in [3.8, 4) is 5.75 Å². The molecule has 17 heavy (non-hydrogen) atoms. The zero-order chi connectivity index (χ0) is 12.5. The fourth-order valence-electron chi connectivity index (χ4n) is 2.39. The molecule has 1 aliphatic heterocycles. The SMILES string of the molecule is COc1ccc(C2(C)CCCN2)cc1C(F)F. The number of rotatable bonds is 3. The van der Waals surface area contributed by atoms with Gasteiger partial charge in [0.15, 0.2) is 0 Å². The summed E-state index contributed by atoms with van der Waals surface area (Å²) in [4.78, 5) is 0. The number of hydrogen-bond donors (Lipinski definition) is 1. The number of halogens is 2. The van der Waals surface area contributed by atoms with Gasteiger partial charge in [-0.05, 0) is 44.0 Å². The second-order valence-electron chi connectivity index (χ2n) is 4.62. The molecular formula is C13H17F2NO. The van der Waals surface area contributed by atoms with Gasteiger partial charge >= 0.3 is 0 Å². The molecule has 0 saturated carbocycles. The Balaban J connectivity index is 2.40. The lowest BCUT2D eigenvalue weighted by atomic mass is 9.89. The summed E-state index contributed by atoms with van der Waals surface area (Å²) in [7, 11) is 1.41. The van der Waals surface area contributed by atoms with Gasteiger partial charge in [0.25, 0.3) is 6.43 Å². The van der Waals surface area contributed by atoms with Crippen LogP contribution in [0.5, 0.6) is 5.75 Å². The van der Waals surface area contributed by atoms with Crippen LogP contribution in [-0.4, -0.2) is 13.7 Å². The molecule has 1 unspecified atom stereocenters. The van der Waals surface area contributed by atoms with Gasteiger partial charge in [-0.3, -0.25) is 0 Å². The lowest BCUT2D eigenvalue weighted by Crippen LogP contribution is -2.33. The molecule has 0 bridgehead atoms. The van der Waals surface area contributed by atoms with Gasteiger partial charge in [0, 0.05) is 5.54 Å². The molecule has 1 saturated heterocycles. The molecule has 1 aromatic carbocycles. The Morgan fingerprint density at radius 2 is 2.18 bits per heavy atom. The Hall–Kier alpha value is -1.16. The maximum atomic E-state index is 12.9. The Morgan fingerprint density at radius 1 is 1.41 bits per heavy atom. The zero-order valence-corrected chi connectivity index (χ0v) is 10.1. The van der Waals surface area contributed by atoms with Crippen LogP contribution in [0.4, 0.5) is 8.78 Å². The van der Waals surface area contributed by atoms with Crippen molar-refractivity contribution < 1.29 is 13.5 Å². The van der Waals surface area contributed by atoms with Gasteiger partial charge in [0.05, 0.1) is 12.7 Å². The van der Waals surface area contributed by atoms with Crippen molar-refractivity contribution in [3.63, 3.8) is 0 Å². The summed E-state index contributed by atoms with van der Waals surface area (Å²) in [6.45, 7) is 2.99. The van der Waals surface area contributed by atoms with Crippen LogP contribution in [0.25, 0.3) is 0 Å². The van der Waals surface area contributed by atoms with Gasteiger partial charge in [-0.1, -0.05) is 6.07 Å². The zero-order valence-electron chi connectivity index (χ0n) is 10.1. The van der Waals surface area contributed by atoms with Gasteiger partial charge in [-0.25, -0.2) is 8.78 Å². The average molecular weight is 241 g/mol. The predicted octanol–water partition coefficient (Wildman–Crippen LogP) is 3.23. The normalized spacial score (nSPS) is 24.3. The second kappa shape index (κ2) is 4.61. The van der Waals surface area contributed by atoms with Gasteiger partial charge in [-0.15, -0.1) is 0 Å². The first-order valence-electron chi connectivity index (χ1n) is 5.78. The molecule has 0 radical (unpaired) electrons. The fourth-order valence-corrected chi connectivity index (χ4v) is 2.39. The topological polar surface area (TPSA) is 21.3 Å². The number of nitrogens with one attached hydrogen (secondary N) is 1. The third kappa shape index (κ3) is 2.27. The summed E-state index contributed by atoms with van der Waals surface area (Å²) in [6, 6.07) is 5.05. The molecule has 0 aliphatic carbocycles. The lowest BCUT2D eigenvalue weighted by Gasteiger charge is -2.26. The van der Waals surface area contributed by atoms with Gasteiger partial charge < -0.3 is 10.1 Å². The summed E-state index contributed by atoms with van der Waals surface area (Å²) in [5, 5.41) is 3.37. The van der Waals surface area contributed by atoms with E-state index in [4.69, 9.17) is 4.74 Å². The van der Waals surface area contributed by atoms with E-state index in [-0.39, 0.29) is 16.9 Å². The van der Waals surface area contributed by atoms with Crippen molar-refractivity contribution in [2.45, 2.75) is 31.7 Å². The summed E-state index contributed by atoms with van der Waals surface area (Å²) < 4.78 is 30.8. The van der Waals surface area contributed by atoms with Crippen molar-refractivity contribution >= 4 is 0 Å². The van der Waals surface area contributed by atoms with E-state index in [1.807, 2.05) is 6.07 Å². The van der Waals surface area contributed by atoms with E-state index in [0.717, 1.165) is 24.9 Å². The molecule has 0 amide bonds. The van der Waals surface area contributed by atoms with Crippen LogP contribution in [0.15, 0.2) is 18.2 Å². The number of benzene rings is 1. The number of ether oxygens (including phenoxy) is 1. The Morgan fingerprint density at radius 3 is 2.71 bits per heavy atom. The quantitative estimate of drug-likeness (QED) is 0.877. The largest absolute Gasteiger partial charge is 0.496 e. The van der Waals surface area contributed by atoms with Crippen LogP contribution in [-0.2, 0) is 5.54 Å². The Labute approximate surface area is 100.0 Å². The van der Waals surface area contributed by atoms with Gasteiger partial charge in [0.1, 0.15) is 5.75 Å². The van der Waals surface area contributed by atoms with Crippen LogP contribution >= 0.6 is 0 Å². The van der Waals surface area contributed by atoms with Crippen molar-refractivity contribution in [2.24, 2.45) is 0 Å². The molecule has 2 nitrogen and oxygen atoms in total. The Bertz CT molecular complexity index is 400. The van der Waals surface area contributed by atoms with Crippen LogP contribution in [0.2, 0.25) is 0 Å². The fraction of sp³-hybridized carbons (Fsp3) is 0.538. The highest BCUT2D eigenvalue weighted by molar-refractivity contribution is 5.41. The summed E-state index contributed by atoms with van der Waals surface area (Å²) >= 11 is 0. The molecule has 0 aromatic heterocycles. The molecule has 94 valence electrons. The molecule has 1 atom stereocenters. The second-order valence-corrected chi connectivity index (χ2v) is 4.62. The molecule has 1 aliphatic rings. The van der Waals surface area contributed by atoms with Gasteiger partial charge in [0.2, 0.25) is 0 Å². The van der Waals surface area contributed by atoms with Crippen molar-refractivity contribution in [1.82, 2.24) is 5.32 Å². The molecule has 0 spiro atoms. The van der Waals surface area contributed by atoms with E-state index in [9.17, 15) is 8.78 Å². The molecular weight excluding hydrogens is 224 g/mol. The summed E-state index contributed by atoms with van der Waals surface area (Å²) in [6.07, 6.45) is -0.455. The monoisotopic (exact) mass is 241 g/mol. The van der Waals surface area contributed by atoms with E-state index in [1.54, 1.807) is 12.1 Å². The van der Waals surface area contributed by atoms with E-state index >= 15 is 0 Å². The third-order valence-corrected chi connectivity index (χ3v) is 3.47. The number of methoxy groups -OCH3 is 1. The van der Waals surface area contributed by atoms with Crippen molar-refractivity contribution in [1.29, 1.82) is 0 Å². The maximum Gasteiger partial charge on any atom is 0.267 e. The Kier molecular flexibility index (Phi) is 3.33. The molecule has 1 fully saturated rings. The van der Waals surface area contributed by atoms with E-state index < -0.39 is 6.43 Å². The highest BCUT2D eigenvalue weighted by atomic mass is 19.3. The van der Waals surface area contributed by atoms with Crippen molar-refractivity contribution in [3.05, 3.63) is 29.3 Å². The standard InChI is InChI=1S/C13H17F2NO/c1-13(6-3-7-16-13)9-4-5-11(17-2)10(8-9)12(14)15/h4-5,8,12,16H,3,6-7H2,1-2H3. The lowest BCUT2D eigenvalue weighted by molar-refractivity contribution is 0.146. The highest BCUT2D eigenvalue weighted by Gasteiger charge is 2.31. The molecule has 2 rings (SSSR count). The predicted molar refractivity (Wildman–Crippen MR) is 62.5 cm³/mol. The minimum Gasteiger partial charge on any atom is -0.496 e. The van der Waals surface area contributed by atoms with Crippen LogP contribution in [0.3, 0.4) is 0 Å². The molecule has 4 heteroatoms. The number of hydrogen-bond acceptors (Lipinski definition) is 2. The van der Waals surface area contributed by atoms with E-state index in [2.05, 4.69) is 12.2 Å².